The fourth-order valence-electron chi connectivity index (χ4n) is 2.11. The van der Waals surface area contributed by atoms with Gasteiger partial charge in [0.15, 0.2) is 11.5 Å². The molecule has 8 heteroatoms. The van der Waals surface area contributed by atoms with Crippen molar-refractivity contribution in [3.63, 3.8) is 0 Å². The first kappa shape index (κ1) is 17.0. The minimum atomic E-state index is -0.548. The summed E-state index contributed by atoms with van der Waals surface area (Å²) in [7, 11) is 2.82. The Hall–Kier alpha value is -3.34. The highest BCUT2D eigenvalue weighted by Gasteiger charge is 2.19. The lowest BCUT2D eigenvalue weighted by molar-refractivity contribution is -0.385. The molecule has 8 nitrogen and oxygen atoms in total. The van der Waals surface area contributed by atoms with Gasteiger partial charge in [0.1, 0.15) is 17.4 Å². The number of hydrogen-bond acceptors (Lipinski definition) is 7. The number of nitro groups is 1. The van der Waals surface area contributed by atoms with Gasteiger partial charge in [0, 0.05) is 11.8 Å². The summed E-state index contributed by atoms with van der Waals surface area (Å²) in [5.74, 6) is 1.25. The van der Waals surface area contributed by atoms with Gasteiger partial charge in [-0.3, -0.25) is 10.1 Å². The highest BCUT2D eigenvalue weighted by atomic mass is 16.6. The van der Waals surface area contributed by atoms with Crippen molar-refractivity contribution in [1.29, 1.82) is 5.26 Å². The van der Waals surface area contributed by atoms with E-state index >= 15 is 0 Å². The van der Waals surface area contributed by atoms with Gasteiger partial charge in [0.05, 0.1) is 30.8 Å². The smallest absolute Gasteiger partial charge is 0.282 e. The Labute approximate surface area is 138 Å². The minimum Gasteiger partial charge on any atom is -0.493 e. The lowest BCUT2D eigenvalue weighted by atomic mass is 10.1. The molecule has 0 spiro atoms. The number of nitro benzene ring substituents is 1. The monoisotopic (exact) mass is 329 g/mol. The maximum atomic E-state index is 11.3. The summed E-state index contributed by atoms with van der Waals surface area (Å²) in [4.78, 5) is 14.8. The van der Waals surface area contributed by atoms with Crippen LogP contribution in [0, 0.1) is 35.3 Å². The molecule has 0 fully saturated rings. The molecule has 0 N–H and O–H groups in total. The van der Waals surface area contributed by atoms with Crippen LogP contribution in [0.3, 0.4) is 0 Å². The zero-order valence-electron chi connectivity index (χ0n) is 13.6. The van der Waals surface area contributed by atoms with Gasteiger partial charge in [-0.05, 0) is 19.9 Å². The van der Waals surface area contributed by atoms with Crippen LogP contribution in [0.1, 0.15) is 22.5 Å². The predicted molar refractivity (Wildman–Crippen MR) is 86.4 cm³/mol. The van der Waals surface area contributed by atoms with Gasteiger partial charge in [-0.1, -0.05) is 0 Å². The molecule has 2 rings (SSSR count). The van der Waals surface area contributed by atoms with Crippen molar-refractivity contribution in [2.45, 2.75) is 13.8 Å². The predicted octanol–water partition coefficient (Wildman–Crippen LogP) is 3.44. The fourth-order valence-corrected chi connectivity index (χ4v) is 2.11. The molecule has 0 unspecified atom stereocenters. The summed E-state index contributed by atoms with van der Waals surface area (Å²) in [5.41, 5.74) is 0.987. The van der Waals surface area contributed by atoms with Crippen LogP contribution < -0.4 is 9.47 Å². The van der Waals surface area contributed by atoms with Crippen molar-refractivity contribution in [2.75, 3.05) is 14.2 Å². The Morgan fingerprint density at radius 3 is 2.46 bits per heavy atom. The molecule has 2 aromatic rings. The van der Waals surface area contributed by atoms with E-state index in [1.807, 2.05) is 6.07 Å². The SMILES string of the molecule is COc1cc(C=Nc2oc(C)c(C)c2C#N)c([N+](=O)[O-])cc1OC. The number of benzene rings is 1. The third kappa shape index (κ3) is 3.05. The average Bonchev–Trinajstić information content (AvgIpc) is 2.85. The van der Waals surface area contributed by atoms with Crippen LogP contribution in [-0.4, -0.2) is 25.4 Å². The van der Waals surface area contributed by atoms with Crippen LogP contribution >= 0.6 is 0 Å². The molecular formula is C16H15N3O5. The van der Waals surface area contributed by atoms with Gasteiger partial charge in [-0.2, -0.15) is 5.26 Å². The lowest BCUT2D eigenvalue weighted by Gasteiger charge is -2.08. The quantitative estimate of drug-likeness (QED) is 0.472. The van der Waals surface area contributed by atoms with E-state index in [1.165, 1.54) is 32.6 Å². The van der Waals surface area contributed by atoms with Crippen molar-refractivity contribution in [3.8, 4) is 17.6 Å². The second kappa shape index (κ2) is 6.83. The van der Waals surface area contributed by atoms with Crippen LogP contribution in [0.4, 0.5) is 11.6 Å². The largest absolute Gasteiger partial charge is 0.493 e. The molecule has 0 saturated heterocycles. The number of hydrogen-bond donors (Lipinski definition) is 0. The van der Waals surface area contributed by atoms with E-state index in [1.54, 1.807) is 13.8 Å². The van der Waals surface area contributed by atoms with E-state index < -0.39 is 4.92 Å². The van der Waals surface area contributed by atoms with Gasteiger partial charge in [-0.15, -0.1) is 0 Å². The first-order chi connectivity index (χ1) is 11.4. The summed E-state index contributed by atoms with van der Waals surface area (Å²) < 4.78 is 15.6. The van der Waals surface area contributed by atoms with E-state index in [-0.39, 0.29) is 22.9 Å². The van der Waals surface area contributed by atoms with Crippen molar-refractivity contribution in [3.05, 3.63) is 44.7 Å². The molecule has 0 aliphatic carbocycles. The van der Waals surface area contributed by atoms with Crippen LogP contribution in [0.5, 0.6) is 11.5 Å². The molecular weight excluding hydrogens is 314 g/mol. The number of nitrogens with zero attached hydrogens (tertiary/aromatic N) is 3. The lowest BCUT2D eigenvalue weighted by Crippen LogP contribution is -1.98. The second-order valence-corrected chi connectivity index (χ2v) is 4.86. The van der Waals surface area contributed by atoms with E-state index in [0.29, 0.717) is 22.6 Å². The number of methoxy groups -OCH3 is 2. The second-order valence-electron chi connectivity index (χ2n) is 4.86. The molecule has 0 aliphatic rings. The molecule has 24 heavy (non-hydrogen) atoms. The molecule has 1 aromatic carbocycles. The standard InChI is InChI=1S/C16H15N3O5/c1-9-10(2)24-16(12(9)7-17)18-8-11-5-14(22-3)15(23-4)6-13(11)19(20)21/h5-6,8H,1-4H3. The molecule has 0 atom stereocenters. The van der Waals surface area contributed by atoms with Gasteiger partial charge in [-0.25, -0.2) is 4.99 Å². The number of aryl methyl sites for hydroxylation is 1. The summed E-state index contributed by atoms with van der Waals surface area (Å²) in [6, 6.07) is 4.71. The number of rotatable bonds is 5. The van der Waals surface area contributed by atoms with Gasteiger partial charge < -0.3 is 13.9 Å². The Morgan fingerprint density at radius 1 is 1.29 bits per heavy atom. The number of aliphatic imine (C=N–C) groups is 1. The third-order valence-corrected chi connectivity index (χ3v) is 3.53. The van der Waals surface area contributed by atoms with Gasteiger partial charge >= 0.3 is 0 Å². The Morgan fingerprint density at radius 2 is 1.92 bits per heavy atom. The molecule has 1 heterocycles. The van der Waals surface area contributed by atoms with Crippen LogP contribution in [-0.2, 0) is 0 Å². The number of nitriles is 1. The topological polar surface area (TPSA) is 111 Å². The third-order valence-electron chi connectivity index (χ3n) is 3.53. The maximum absolute atomic E-state index is 11.3. The number of furan rings is 1. The van der Waals surface area contributed by atoms with E-state index in [9.17, 15) is 15.4 Å². The molecule has 0 bridgehead atoms. The van der Waals surface area contributed by atoms with Gasteiger partial charge in [0.2, 0.25) is 5.88 Å². The first-order valence-electron chi connectivity index (χ1n) is 6.87. The summed E-state index contributed by atoms with van der Waals surface area (Å²) >= 11 is 0. The van der Waals surface area contributed by atoms with Gasteiger partial charge in [0.25, 0.3) is 5.69 Å². The average molecular weight is 329 g/mol. The maximum Gasteiger partial charge on any atom is 0.282 e. The zero-order valence-corrected chi connectivity index (χ0v) is 13.6. The van der Waals surface area contributed by atoms with Crippen LogP contribution in [0.2, 0.25) is 0 Å². The molecule has 0 aliphatic heterocycles. The van der Waals surface area contributed by atoms with Crippen LogP contribution in [0.15, 0.2) is 21.5 Å². The highest BCUT2D eigenvalue weighted by molar-refractivity contribution is 5.88. The Balaban J connectivity index is 2.55. The molecule has 0 radical (unpaired) electrons. The van der Waals surface area contributed by atoms with Crippen molar-refractivity contribution < 1.29 is 18.8 Å². The van der Waals surface area contributed by atoms with Crippen molar-refractivity contribution >= 4 is 17.8 Å². The molecule has 0 saturated carbocycles. The highest BCUT2D eigenvalue weighted by Crippen LogP contribution is 2.34. The summed E-state index contributed by atoms with van der Waals surface area (Å²) in [6.45, 7) is 3.46. The zero-order chi connectivity index (χ0) is 17.9. The van der Waals surface area contributed by atoms with Crippen molar-refractivity contribution in [2.24, 2.45) is 4.99 Å². The Kier molecular flexibility index (Phi) is 4.84. The summed E-state index contributed by atoms with van der Waals surface area (Å²) in [6.07, 6.45) is 1.26. The van der Waals surface area contributed by atoms with E-state index in [2.05, 4.69) is 4.99 Å². The number of ether oxygens (including phenoxy) is 2. The van der Waals surface area contributed by atoms with E-state index in [4.69, 9.17) is 13.9 Å². The minimum absolute atomic E-state index is 0.108. The molecule has 1 aromatic heterocycles. The fraction of sp³-hybridized carbons (Fsp3) is 0.250. The molecule has 0 amide bonds. The Bertz CT molecular complexity index is 862. The van der Waals surface area contributed by atoms with Crippen molar-refractivity contribution in [1.82, 2.24) is 0 Å². The first-order valence-corrected chi connectivity index (χ1v) is 6.87. The normalized spacial score (nSPS) is 10.6. The van der Waals surface area contributed by atoms with Crippen LogP contribution in [0.25, 0.3) is 0 Å². The molecule has 124 valence electrons. The van der Waals surface area contributed by atoms with E-state index in [0.717, 1.165) is 0 Å². The summed E-state index contributed by atoms with van der Waals surface area (Å²) in [5, 5.41) is 20.4.